The van der Waals surface area contributed by atoms with Gasteiger partial charge in [-0.1, -0.05) is 39.2 Å². The fourth-order valence-corrected chi connectivity index (χ4v) is 4.62. The Morgan fingerprint density at radius 2 is 2.13 bits per heavy atom. The van der Waals surface area contributed by atoms with E-state index in [1.165, 1.54) is 6.42 Å². The average molecular weight is 320 g/mol. The van der Waals surface area contributed by atoms with Crippen molar-refractivity contribution >= 4 is 12.0 Å². The highest BCUT2D eigenvalue weighted by atomic mass is 16.2. The molecule has 0 radical (unpaired) electrons. The number of fused-ring (bicyclic) bond motifs is 2. The molecule has 2 heterocycles. The van der Waals surface area contributed by atoms with Gasteiger partial charge in [0.25, 0.3) is 5.95 Å². The molecule has 2 atom stereocenters. The van der Waals surface area contributed by atoms with E-state index < -0.39 is 0 Å². The minimum atomic E-state index is -0.0658. The van der Waals surface area contributed by atoms with Crippen LogP contribution in [0.3, 0.4) is 0 Å². The second-order valence-corrected chi connectivity index (χ2v) is 8.35. The second kappa shape index (κ2) is 5.76. The van der Waals surface area contributed by atoms with Gasteiger partial charge in [-0.2, -0.15) is 0 Å². The summed E-state index contributed by atoms with van der Waals surface area (Å²) in [7, 11) is 0. The van der Waals surface area contributed by atoms with Crippen molar-refractivity contribution in [2.24, 2.45) is 10.8 Å². The first-order valence-electron chi connectivity index (χ1n) is 8.66. The standard InChI is InChI=1S/C16H28N6O/c1-5-6-7-22-13(18-19-20-22)17-14(23)21-11-16(4)9-12(21)8-15(2,3)10-16/h12H,5-11H2,1-4H3,(H,17,18,20,23)/t12-,16-/m0/s1. The topological polar surface area (TPSA) is 75.9 Å². The zero-order valence-electron chi connectivity index (χ0n) is 14.7. The molecule has 7 nitrogen and oxygen atoms in total. The number of aryl methyl sites for hydroxylation is 1. The molecule has 1 N–H and O–H groups in total. The Morgan fingerprint density at radius 1 is 1.35 bits per heavy atom. The van der Waals surface area contributed by atoms with E-state index in [-0.39, 0.29) is 11.4 Å². The first-order valence-corrected chi connectivity index (χ1v) is 8.66. The largest absolute Gasteiger partial charge is 0.324 e. The van der Waals surface area contributed by atoms with Crippen LogP contribution in [0.15, 0.2) is 0 Å². The smallest absolute Gasteiger partial charge is 0.321 e. The lowest BCUT2D eigenvalue weighted by Crippen LogP contribution is -2.40. The molecule has 1 saturated heterocycles. The number of amides is 2. The van der Waals surface area contributed by atoms with Crippen molar-refractivity contribution in [2.75, 3.05) is 11.9 Å². The maximum Gasteiger partial charge on any atom is 0.324 e. The molecular formula is C16H28N6O. The quantitative estimate of drug-likeness (QED) is 0.925. The van der Waals surface area contributed by atoms with Gasteiger partial charge in [0, 0.05) is 19.1 Å². The van der Waals surface area contributed by atoms with Crippen LogP contribution in [0.2, 0.25) is 0 Å². The van der Waals surface area contributed by atoms with Crippen molar-refractivity contribution in [3.63, 3.8) is 0 Å². The van der Waals surface area contributed by atoms with E-state index in [9.17, 15) is 4.79 Å². The number of tetrazole rings is 1. The molecule has 0 aromatic carbocycles. The number of nitrogens with zero attached hydrogens (tertiary/aromatic N) is 5. The predicted molar refractivity (Wildman–Crippen MR) is 88.0 cm³/mol. The Labute approximate surface area is 137 Å². The van der Waals surface area contributed by atoms with Crippen molar-refractivity contribution in [1.82, 2.24) is 25.1 Å². The summed E-state index contributed by atoms with van der Waals surface area (Å²) >= 11 is 0. The summed E-state index contributed by atoms with van der Waals surface area (Å²) in [5.41, 5.74) is 0.535. The van der Waals surface area contributed by atoms with Gasteiger partial charge in [-0.05, 0) is 46.9 Å². The molecule has 1 aliphatic heterocycles. The fourth-order valence-electron chi connectivity index (χ4n) is 4.62. The Hall–Kier alpha value is -1.66. The summed E-state index contributed by atoms with van der Waals surface area (Å²) in [6, 6.07) is 0.257. The Balaban J connectivity index is 1.69. The number of likely N-dealkylation sites (tertiary alicyclic amines) is 1. The lowest BCUT2D eigenvalue weighted by Gasteiger charge is -2.39. The third-order valence-corrected chi connectivity index (χ3v) is 5.15. The minimum absolute atomic E-state index is 0.0658. The van der Waals surface area contributed by atoms with Crippen LogP contribution in [-0.4, -0.2) is 43.7 Å². The second-order valence-electron chi connectivity index (χ2n) is 8.35. The average Bonchev–Trinajstić information content (AvgIpc) is 2.97. The number of urea groups is 1. The van der Waals surface area contributed by atoms with Gasteiger partial charge in [-0.15, -0.1) is 0 Å². The number of aromatic nitrogens is 4. The minimum Gasteiger partial charge on any atom is -0.321 e. The molecule has 1 aliphatic carbocycles. The normalized spacial score (nSPS) is 28.9. The molecule has 1 aromatic rings. The van der Waals surface area contributed by atoms with Crippen LogP contribution >= 0.6 is 0 Å². The van der Waals surface area contributed by atoms with Crippen LogP contribution in [0.25, 0.3) is 0 Å². The molecule has 1 aromatic heterocycles. The highest BCUT2D eigenvalue weighted by Crippen LogP contribution is 2.52. The molecule has 0 unspecified atom stereocenters. The molecule has 23 heavy (non-hydrogen) atoms. The lowest BCUT2D eigenvalue weighted by molar-refractivity contribution is 0.130. The molecular weight excluding hydrogens is 292 g/mol. The van der Waals surface area contributed by atoms with Gasteiger partial charge in [-0.3, -0.25) is 5.32 Å². The van der Waals surface area contributed by atoms with Gasteiger partial charge in [0.05, 0.1) is 0 Å². The lowest BCUT2D eigenvalue weighted by atomic mass is 9.65. The summed E-state index contributed by atoms with van der Waals surface area (Å²) in [6.45, 7) is 10.6. The monoisotopic (exact) mass is 320 g/mol. The number of hydrogen-bond donors (Lipinski definition) is 1. The molecule has 7 heteroatoms. The summed E-state index contributed by atoms with van der Waals surface area (Å²) in [4.78, 5) is 14.7. The first kappa shape index (κ1) is 16.2. The van der Waals surface area contributed by atoms with Crippen LogP contribution in [0.1, 0.15) is 59.8 Å². The third kappa shape index (κ3) is 3.33. The molecule has 2 amide bonds. The van der Waals surface area contributed by atoms with Crippen LogP contribution < -0.4 is 5.32 Å². The van der Waals surface area contributed by atoms with Crippen LogP contribution in [0.4, 0.5) is 10.7 Å². The zero-order chi connectivity index (χ0) is 16.7. The van der Waals surface area contributed by atoms with Crippen molar-refractivity contribution in [2.45, 2.75) is 72.4 Å². The maximum absolute atomic E-state index is 12.7. The van der Waals surface area contributed by atoms with Gasteiger partial charge in [0.15, 0.2) is 0 Å². The molecule has 128 valence electrons. The third-order valence-electron chi connectivity index (χ3n) is 5.15. The van der Waals surface area contributed by atoms with E-state index in [1.807, 2.05) is 4.90 Å². The van der Waals surface area contributed by atoms with Crippen molar-refractivity contribution < 1.29 is 4.79 Å². The van der Waals surface area contributed by atoms with Crippen LogP contribution in [0.5, 0.6) is 0 Å². The first-order chi connectivity index (χ1) is 10.8. The van der Waals surface area contributed by atoms with Crippen LogP contribution in [-0.2, 0) is 6.54 Å². The number of hydrogen-bond acceptors (Lipinski definition) is 4. The zero-order valence-corrected chi connectivity index (χ0v) is 14.7. The Morgan fingerprint density at radius 3 is 2.87 bits per heavy atom. The fraction of sp³-hybridized carbons (Fsp3) is 0.875. The molecule has 3 rings (SSSR count). The van der Waals surface area contributed by atoms with E-state index >= 15 is 0 Å². The number of carbonyl (C=O) groups is 1. The highest BCUT2D eigenvalue weighted by molar-refractivity contribution is 5.88. The Bertz CT molecular complexity index is 583. The van der Waals surface area contributed by atoms with Crippen molar-refractivity contribution in [1.29, 1.82) is 0 Å². The molecule has 0 spiro atoms. The van der Waals surface area contributed by atoms with Gasteiger partial charge in [0.2, 0.25) is 0 Å². The molecule has 1 saturated carbocycles. The van der Waals surface area contributed by atoms with E-state index in [4.69, 9.17) is 0 Å². The summed E-state index contributed by atoms with van der Waals surface area (Å²) in [6.07, 6.45) is 5.40. The summed E-state index contributed by atoms with van der Waals surface area (Å²) in [5.74, 6) is 0.453. The summed E-state index contributed by atoms with van der Waals surface area (Å²) < 4.78 is 1.68. The number of nitrogens with one attached hydrogen (secondary N) is 1. The SMILES string of the molecule is CCCCn1nnnc1NC(=O)N1C[C@@]2(C)C[C@@H]1CC(C)(C)C2. The van der Waals surface area contributed by atoms with Crippen LogP contribution in [0, 0.1) is 10.8 Å². The van der Waals surface area contributed by atoms with E-state index in [0.29, 0.717) is 17.4 Å². The van der Waals surface area contributed by atoms with E-state index in [0.717, 1.165) is 38.8 Å². The van der Waals surface area contributed by atoms with E-state index in [1.54, 1.807) is 4.68 Å². The maximum atomic E-state index is 12.7. The van der Waals surface area contributed by atoms with Crippen molar-refractivity contribution in [3.05, 3.63) is 0 Å². The van der Waals surface area contributed by atoms with Crippen molar-refractivity contribution in [3.8, 4) is 0 Å². The van der Waals surface area contributed by atoms with E-state index in [2.05, 4.69) is 48.5 Å². The highest BCUT2D eigenvalue weighted by Gasteiger charge is 2.51. The molecule has 2 aliphatic rings. The van der Waals surface area contributed by atoms with Gasteiger partial charge < -0.3 is 4.90 Å². The number of carbonyl (C=O) groups excluding carboxylic acids is 1. The number of rotatable bonds is 4. The number of unbranched alkanes of at least 4 members (excludes halogenated alkanes) is 1. The summed E-state index contributed by atoms with van der Waals surface area (Å²) in [5, 5.41) is 14.5. The molecule has 2 fully saturated rings. The number of anilines is 1. The van der Waals surface area contributed by atoms with Gasteiger partial charge in [0.1, 0.15) is 0 Å². The molecule has 2 bridgehead atoms. The van der Waals surface area contributed by atoms with Gasteiger partial charge >= 0.3 is 6.03 Å². The Kier molecular flexibility index (Phi) is 4.06. The predicted octanol–water partition coefficient (Wildman–Crippen LogP) is 2.91. The van der Waals surface area contributed by atoms with Gasteiger partial charge in [-0.25, -0.2) is 9.48 Å².